The zero-order chi connectivity index (χ0) is 19.9. The smallest absolute Gasteiger partial charge is 0.321 e. The molecule has 1 unspecified atom stereocenters. The van der Waals surface area contributed by atoms with E-state index in [1.54, 1.807) is 6.20 Å². The summed E-state index contributed by atoms with van der Waals surface area (Å²) in [5, 5.41) is 1.76. The van der Waals surface area contributed by atoms with E-state index >= 15 is 0 Å². The fourth-order valence-corrected chi connectivity index (χ4v) is 4.10. The molecule has 0 radical (unpaired) electrons. The molecule has 0 saturated carbocycles. The number of fused-ring (bicyclic) bond motifs is 1. The summed E-state index contributed by atoms with van der Waals surface area (Å²) >= 11 is 3.53. The summed E-state index contributed by atoms with van der Waals surface area (Å²) in [4.78, 5) is 18.0. The third kappa shape index (κ3) is 3.60. The molecule has 4 heteroatoms. The van der Waals surface area contributed by atoms with Crippen LogP contribution in [0.25, 0.3) is 10.9 Å². The predicted molar refractivity (Wildman–Crippen MR) is 114 cm³/mol. The second-order valence-corrected chi connectivity index (χ2v) is 9.19. The molecule has 1 heterocycles. The van der Waals surface area contributed by atoms with Crippen molar-refractivity contribution in [3.8, 4) is 0 Å². The Bertz CT molecular complexity index is 937. The highest BCUT2D eigenvalue weighted by molar-refractivity contribution is 9.09. The van der Waals surface area contributed by atoms with Gasteiger partial charge < -0.3 is 4.74 Å². The minimum Gasteiger partial charge on any atom is -0.459 e. The van der Waals surface area contributed by atoms with Crippen LogP contribution in [0.3, 0.4) is 0 Å². The molecule has 0 saturated heterocycles. The third-order valence-corrected chi connectivity index (χ3v) is 5.69. The van der Waals surface area contributed by atoms with E-state index < -0.39 is 16.4 Å². The summed E-state index contributed by atoms with van der Waals surface area (Å²) in [6, 6.07) is 9.97. The number of esters is 1. The SMILES string of the molecule is CC(C)(C)OC(=O)C1(c2ccc3ncccc3c2)C=CC(CBr)=CC1(C)C. The van der Waals surface area contributed by atoms with Crippen LogP contribution in [0.4, 0.5) is 0 Å². The molecule has 0 fully saturated rings. The highest BCUT2D eigenvalue weighted by atomic mass is 79.9. The molecule has 142 valence electrons. The Morgan fingerprint density at radius 2 is 1.96 bits per heavy atom. The van der Waals surface area contributed by atoms with Gasteiger partial charge in [-0.15, -0.1) is 0 Å². The Morgan fingerprint density at radius 1 is 1.22 bits per heavy atom. The van der Waals surface area contributed by atoms with Crippen LogP contribution in [-0.2, 0) is 14.9 Å². The number of rotatable bonds is 3. The number of hydrogen-bond acceptors (Lipinski definition) is 3. The summed E-state index contributed by atoms with van der Waals surface area (Å²) in [6.07, 6.45) is 7.98. The maximum absolute atomic E-state index is 13.6. The molecule has 0 N–H and O–H groups in total. The largest absolute Gasteiger partial charge is 0.459 e. The first kappa shape index (κ1) is 19.8. The average molecular weight is 428 g/mol. The van der Waals surface area contributed by atoms with Gasteiger partial charge in [-0.3, -0.25) is 9.78 Å². The van der Waals surface area contributed by atoms with Crippen LogP contribution in [0, 0.1) is 5.41 Å². The third-order valence-electron chi connectivity index (χ3n) is 5.04. The fraction of sp³-hybridized carbons (Fsp3) is 0.391. The number of benzene rings is 1. The Kier molecular flexibility index (Phi) is 5.06. The number of alkyl halides is 1. The Morgan fingerprint density at radius 3 is 2.59 bits per heavy atom. The Hall–Kier alpha value is -1.94. The first-order valence-corrected chi connectivity index (χ1v) is 10.3. The molecule has 27 heavy (non-hydrogen) atoms. The van der Waals surface area contributed by atoms with Crippen LogP contribution >= 0.6 is 15.9 Å². The van der Waals surface area contributed by atoms with Crippen molar-refractivity contribution in [1.29, 1.82) is 0 Å². The van der Waals surface area contributed by atoms with Gasteiger partial charge in [0.15, 0.2) is 0 Å². The van der Waals surface area contributed by atoms with Crippen LogP contribution in [-0.4, -0.2) is 21.9 Å². The lowest BCUT2D eigenvalue weighted by Crippen LogP contribution is -2.50. The molecule has 1 aromatic heterocycles. The second-order valence-electron chi connectivity index (χ2n) is 8.63. The maximum Gasteiger partial charge on any atom is 0.321 e. The number of pyridine rings is 1. The van der Waals surface area contributed by atoms with Crippen LogP contribution in [0.15, 0.2) is 60.3 Å². The molecule has 1 aromatic carbocycles. The number of ether oxygens (including phenoxy) is 1. The lowest BCUT2D eigenvalue weighted by molar-refractivity contribution is -0.163. The van der Waals surface area contributed by atoms with Gasteiger partial charge in [0.05, 0.1) is 5.52 Å². The van der Waals surface area contributed by atoms with Gasteiger partial charge in [-0.2, -0.15) is 0 Å². The van der Waals surface area contributed by atoms with Crippen LogP contribution in [0.1, 0.15) is 40.2 Å². The van der Waals surface area contributed by atoms with Crippen molar-refractivity contribution >= 4 is 32.8 Å². The van der Waals surface area contributed by atoms with Crippen molar-refractivity contribution in [2.24, 2.45) is 5.41 Å². The van der Waals surface area contributed by atoms with Gasteiger partial charge in [0, 0.05) is 22.3 Å². The van der Waals surface area contributed by atoms with Crippen LogP contribution in [0.5, 0.6) is 0 Å². The minimum absolute atomic E-state index is 0.232. The number of hydrogen-bond donors (Lipinski definition) is 0. The normalized spacial score (nSPS) is 21.8. The number of aromatic nitrogens is 1. The minimum atomic E-state index is -0.907. The standard InChI is InChI=1S/C23H26BrNO2/c1-21(2,3)27-20(26)23(11-10-16(15-24)14-22(23,4)5)18-8-9-19-17(13-18)7-6-12-25-19/h6-14H,15H2,1-5H3. The number of allylic oxidation sites excluding steroid dienone is 3. The van der Waals surface area contributed by atoms with E-state index in [0.29, 0.717) is 0 Å². The summed E-state index contributed by atoms with van der Waals surface area (Å²) in [5.41, 5.74) is 1.06. The Balaban J connectivity index is 2.23. The van der Waals surface area contributed by atoms with Gasteiger partial charge in [0.2, 0.25) is 0 Å². The lowest BCUT2D eigenvalue weighted by atomic mass is 9.59. The maximum atomic E-state index is 13.6. The Labute approximate surface area is 169 Å². The number of carbonyl (C=O) groups excluding carboxylic acids is 1. The van der Waals surface area contributed by atoms with E-state index in [2.05, 4.69) is 46.9 Å². The van der Waals surface area contributed by atoms with E-state index in [0.717, 1.165) is 27.4 Å². The number of nitrogens with zero attached hydrogens (tertiary/aromatic N) is 1. The zero-order valence-electron chi connectivity index (χ0n) is 16.5. The van der Waals surface area contributed by atoms with E-state index in [9.17, 15) is 4.79 Å². The molecule has 0 spiro atoms. The molecule has 1 atom stereocenters. The van der Waals surface area contributed by atoms with E-state index in [4.69, 9.17) is 4.74 Å². The van der Waals surface area contributed by atoms with Gasteiger partial charge >= 0.3 is 5.97 Å². The van der Waals surface area contributed by atoms with Crippen molar-refractivity contribution in [2.75, 3.05) is 5.33 Å². The molecular weight excluding hydrogens is 402 g/mol. The molecule has 0 bridgehead atoms. The fourth-order valence-electron chi connectivity index (χ4n) is 3.75. The topological polar surface area (TPSA) is 39.2 Å². The van der Waals surface area contributed by atoms with E-state index in [-0.39, 0.29) is 5.97 Å². The monoisotopic (exact) mass is 427 g/mol. The van der Waals surface area contributed by atoms with Crippen LogP contribution in [0.2, 0.25) is 0 Å². The molecular formula is C23H26BrNO2. The van der Waals surface area contributed by atoms with Crippen molar-refractivity contribution in [1.82, 2.24) is 4.98 Å². The van der Waals surface area contributed by atoms with E-state index in [1.165, 1.54) is 0 Å². The summed E-state index contributed by atoms with van der Waals surface area (Å²) in [5.74, 6) is -0.232. The van der Waals surface area contributed by atoms with Gasteiger partial charge in [0.1, 0.15) is 11.0 Å². The number of halogens is 1. The highest BCUT2D eigenvalue weighted by Crippen LogP contribution is 2.49. The predicted octanol–water partition coefficient (Wildman–Crippen LogP) is 5.73. The van der Waals surface area contributed by atoms with Crippen molar-refractivity contribution in [3.05, 3.63) is 65.9 Å². The zero-order valence-corrected chi connectivity index (χ0v) is 18.1. The molecule has 3 rings (SSSR count). The van der Waals surface area contributed by atoms with Crippen molar-refractivity contribution in [3.63, 3.8) is 0 Å². The lowest BCUT2D eigenvalue weighted by Gasteiger charge is -2.45. The number of carbonyl (C=O) groups is 1. The quantitative estimate of drug-likeness (QED) is 0.463. The second kappa shape index (κ2) is 6.90. The van der Waals surface area contributed by atoms with Crippen LogP contribution < -0.4 is 0 Å². The van der Waals surface area contributed by atoms with Gasteiger partial charge in [-0.1, -0.05) is 60.1 Å². The summed E-state index contributed by atoms with van der Waals surface area (Å²) in [6.45, 7) is 9.90. The summed E-state index contributed by atoms with van der Waals surface area (Å²) in [7, 11) is 0. The first-order valence-electron chi connectivity index (χ1n) is 9.15. The van der Waals surface area contributed by atoms with Crippen molar-refractivity contribution in [2.45, 2.75) is 45.6 Å². The highest BCUT2D eigenvalue weighted by Gasteiger charge is 2.53. The molecule has 3 nitrogen and oxygen atoms in total. The van der Waals surface area contributed by atoms with Gasteiger partial charge in [-0.25, -0.2) is 0 Å². The molecule has 1 aliphatic carbocycles. The van der Waals surface area contributed by atoms with E-state index in [1.807, 2.05) is 57.2 Å². The summed E-state index contributed by atoms with van der Waals surface area (Å²) < 4.78 is 5.90. The molecule has 0 aliphatic heterocycles. The molecule has 1 aliphatic rings. The molecule has 2 aromatic rings. The van der Waals surface area contributed by atoms with Gasteiger partial charge in [-0.05, 0) is 50.1 Å². The molecule has 0 amide bonds. The average Bonchev–Trinajstić information content (AvgIpc) is 2.59. The van der Waals surface area contributed by atoms with Gasteiger partial charge in [0.25, 0.3) is 0 Å². The van der Waals surface area contributed by atoms with Crippen molar-refractivity contribution < 1.29 is 9.53 Å². The first-order chi connectivity index (χ1) is 12.6.